The number of carbonyl (C=O) groups excluding carboxylic acids is 1. The monoisotopic (exact) mass is 248 g/mol. The van der Waals surface area contributed by atoms with Gasteiger partial charge in [0.05, 0.1) is 0 Å². The lowest BCUT2D eigenvalue weighted by molar-refractivity contribution is 0.0658. The van der Waals surface area contributed by atoms with Crippen molar-refractivity contribution in [1.29, 1.82) is 0 Å². The molecule has 0 saturated carbocycles. The highest BCUT2D eigenvalue weighted by atomic mass is 16.2. The summed E-state index contributed by atoms with van der Waals surface area (Å²) in [6.45, 7) is 3.42. The fraction of sp³-hybridized carbons (Fsp3) is 0.538. The topological polar surface area (TPSA) is 39.7 Å². The van der Waals surface area contributed by atoms with E-state index in [-0.39, 0.29) is 5.91 Å². The maximum absolute atomic E-state index is 12.3. The molecule has 1 aromatic rings. The molecule has 18 heavy (non-hydrogen) atoms. The number of rotatable bonds is 2. The maximum Gasteiger partial charge on any atom is 0.272 e. The molecule has 1 fully saturated rings. The average molecular weight is 248 g/mol. The fourth-order valence-electron chi connectivity index (χ4n) is 1.96. The molecule has 1 saturated heterocycles. The molecule has 0 spiro atoms. The van der Waals surface area contributed by atoms with E-state index in [1.165, 1.54) is 0 Å². The normalized spacial score (nSPS) is 16.7. The van der Waals surface area contributed by atoms with Crippen molar-refractivity contribution in [3.63, 3.8) is 0 Å². The quantitative estimate of drug-likeness (QED) is 0.765. The number of hydrogen-bond donors (Lipinski definition) is 0. The Labute approximate surface area is 108 Å². The van der Waals surface area contributed by atoms with Gasteiger partial charge in [0.1, 0.15) is 11.5 Å². The summed E-state index contributed by atoms with van der Waals surface area (Å²) < 4.78 is 0. The molecule has 0 aliphatic carbocycles. The van der Waals surface area contributed by atoms with Crippen LogP contribution in [0.25, 0.3) is 0 Å². The lowest BCUT2D eigenvalue weighted by Gasteiger charge is -2.32. The SMILES string of the molecule is CN1CCN(C(=O)c2cccc(N(C)C)n2)CC1. The Balaban J connectivity index is 2.11. The van der Waals surface area contributed by atoms with Crippen molar-refractivity contribution in [2.45, 2.75) is 0 Å². The van der Waals surface area contributed by atoms with Crippen LogP contribution in [0.5, 0.6) is 0 Å². The first-order valence-corrected chi connectivity index (χ1v) is 6.20. The van der Waals surface area contributed by atoms with Crippen LogP contribution in [-0.2, 0) is 0 Å². The zero-order valence-electron chi connectivity index (χ0n) is 11.3. The summed E-state index contributed by atoms with van der Waals surface area (Å²) in [5.41, 5.74) is 0.533. The minimum atomic E-state index is 0.0341. The molecule has 1 amide bonds. The number of likely N-dealkylation sites (N-methyl/N-ethyl adjacent to an activating group) is 1. The second-order valence-corrected chi connectivity index (χ2v) is 4.87. The van der Waals surface area contributed by atoms with Crippen molar-refractivity contribution in [1.82, 2.24) is 14.8 Å². The van der Waals surface area contributed by atoms with E-state index in [2.05, 4.69) is 16.9 Å². The van der Waals surface area contributed by atoms with Crippen molar-refractivity contribution >= 4 is 11.7 Å². The van der Waals surface area contributed by atoms with Crippen molar-refractivity contribution in [3.8, 4) is 0 Å². The Kier molecular flexibility index (Phi) is 3.81. The molecule has 5 heteroatoms. The first-order chi connectivity index (χ1) is 8.58. The van der Waals surface area contributed by atoms with Crippen LogP contribution in [0.3, 0.4) is 0 Å². The van der Waals surface area contributed by atoms with Gasteiger partial charge in [-0.25, -0.2) is 4.98 Å². The largest absolute Gasteiger partial charge is 0.363 e. The van der Waals surface area contributed by atoms with Crippen molar-refractivity contribution in [2.24, 2.45) is 0 Å². The van der Waals surface area contributed by atoms with Gasteiger partial charge in [-0.2, -0.15) is 0 Å². The fourth-order valence-corrected chi connectivity index (χ4v) is 1.96. The molecule has 1 aliphatic rings. The van der Waals surface area contributed by atoms with E-state index in [1.54, 1.807) is 6.07 Å². The van der Waals surface area contributed by atoms with E-state index in [9.17, 15) is 4.79 Å². The van der Waals surface area contributed by atoms with Crippen LogP contribution in [0.1, 0.15) is 10.5 Å². The van der Waals surface area contributed by atoms with Gasteiger partial charge < -0.3 is 14.7 Å². The molecule has 2 rings (SSSR count). The molecule has 0 N–H and O–H groups in total. The predicted octanol–water partition coefficient (Wildman–Crippen LogP) is 0.535. The van der Waals surface area contributed by atoms with Crippen LogP contribution >= 0.6 is 0 Å². The van der Waals surface area contributed by atoms with Gasteiger partial charge in [-0.15, -0.1) is 0 Å². The lowest BCUT2D eigenvalue weighted by Crippen LogP contribution is -2.47. The molecular weight excluding hydrogens is 228 g/mol. The van der Waals surface area contributed by atoms with Gasteiger partial charge in [-0.05, 0) is 19.2 Å². The molecule has 1 aromatic heterocycles. The first kappa shape index (κ1) is 12.8. The summed E-state index contributed by atoms with van der Waals surface area (Å²) in [5, 5.41) is 0. The van der Waals surface area contributed by atoms with Crippen LogP contribution in [0.2, 0.25) is 0 Å². The van der Waals surface area contributed by atoms with Gasteiger partial charge in [-0.1, -0.05) is 6.07 Å². The average Bonchev–Trinajstić information content (AvgIpc) is 2.39. The Morgan fingerprint density at radius 3 is 2.50 bits per heavy atom. The number of anilines is 1. The first-order valence-electron chi connectivity index (χ1n) is 6.20. The van der Waals surface area contributed by atoms with Crippen molar-refractivity contribution in [2.75, 3.05) is 52.2 Å². The Bertz CT molecular complexity index is 425. The minimum Gasteiger partial charge on any atom is -0.363 e. The minimum absolute atomic E-state index is 0.0341. The molecule has 0 unspecified atom stereocenters. The number of amides is 1. The second kappa shape index (κ2) is 5.35. The number of pyridine rings is 1. The van der Waals surface area contributed by atoms with Crippen LogP contribution in [0.4, 0.5) is 5.82 Å². The molecular formula is C13H20N4O. The number of nitrogens with zero attached hydrogens (tertiary/aromatic N) is 4. The van der Waals surface area contributed by atoms with Gasteiger partial charge in [0, 0.05) is 40.3 Å². The Morgan fingerprint density at radius 2 is 1.89 bits per heavy atom. The summed E-state index contributed by atoms with van der Waals surface area (Å²) in [5.74, 6) is 0.849. The Morgan fingerprint density at radius 1 is 1.22 bits per heavy atom. The standard InChI is InChI=1S/C13H20N4O/c1-15(2)12-6-4-5-11(14-12)13(18)17-9-7-16(3)8-10-17/h4-6H,7-10H2,1-3H3. The van der Waals surface area contributed by atoms with Crippen molar-refractivity contribution < 1.29 is 4.79 Å². The second-order valence-electron chi connectivity index (χ2n) is 4.87. The van der Waals surface area contributed by atoms with Gasteiger partial charge >= 0.3 is 0 Å². The smallest absolute Gasteiger partial charge is 0.272 e. The summed E-state index contributed by atoms with van der Waals surface area (Å²) in [4.78, 5) is 22.7. The predicted molar refractivity (Wildman–Crippen MR) is 72.0 cm³/mol. The summed E-state index contributed by atoms with van der Waals surface area (Å²) in [7, 11) is 5.92. The third kappa shape index (κ3) is 2.79. The summed E-state index contributed by atoms with van der Waals surface area (Å²) in [6, 6.07) is 5.57. The van der Waals surface area contributed by atoms with Crippen LogP contribution in [-0.4, -0.2) is 68.0 Å². The third-order valence-corrected chi connectivity index (χ3v) is 3.20. The van der Waals surface area contributed by atoms with Gasteiger partial charge in [0.25, 0.3) is 5.91 Å². The molecule has 1 aliphatic heterocycles. The van der Waals surface area contributed by atoms with E-state index in [0.717, 1.165) is 32.0 Å². The molecule has 0 bridgehead atoms. The number of carbonyl (C=O) groups is 1. The number of piperazine rings is 1. The van der Waals surface area contributed by atoms with Crippen molar-refractivity contribution in [3.05, 3.63) is 23.9 Å². The zero-order chi connectivity index (χ0) is 13.1. The Hall–Kier alpha value is -1.62. The van der Waals surface area contributed by atoms with E-state index in [1.807, 2.05) is 36.0 Å². The number of hydrogen-bond acceptors (Lipinski definition) is 4. The molecule has 5 nitrogen and oxygen atoms in total. The third-order valence-electron chi connectivity index (χ3n) is 3.20. The molecule has 0 radical (unpaired) electrons. The maximum atomic E-state index is 12.3. The van der Waals surface area contributed by atoms with Crippen LogP contribution in [0.15, 0.2) is 18.2 Å². The molecule has 98 valence electrons. The van der Waals surface area contributed by atoms with Gasteiger partial charge in [0.2, 0.25) is 0 Å². The van der Waals surface area contributed by atoms with Gasteiger partial charge in [0.15, 0.2) is 0 Å². The zero-order valence-corrected chi connectivity index (χ0v) is 11.3. The lowest BCUT2D eigenvalue weighted by atomic mass is 10.2. The van der Waals surface area contributed by atoms with E-state index in [0.29, 0.717) is 5.69 Å². The highest BCUT2D eigenvalue weighted by Crippen LogP contribution is 2.11. The summed E-state index contributed by atoms with van der Waals surface area (Å²) >= 11 is 0. The number of aromatic nitrogens is 1. The summed E-state index contributed by atoms with van der Waals surface area (Å²) in [6.07, 6.45) is 0. The highest BCUT2D eigenvalue weighted by Gasteiger charge is 2.21. The van der Waals surface area contributed by atoms with Gasteiger partial charge in [-0.3, -0.25) is 4.79 Å². The molecule has 0 atom stereocenters. The van der Waals surface area contributed by atoms with Crippen LogP contribution < -0.4 is 4.90 Å². The van der Waals surface area contributed by atoms with E-state index < -0.39 is 0 Å². The molecule has 0 aromatic carbocycles. The highest BCUT2D eigenvalue weighted by molar-refractivity contribution is 5.92. The van der Waals surface area contributed by atoms with E-state index in [4.69, 9.17) is 0 Å². The molecule has 2 heterocycles. The van der Waals surface area contributed by atoms with E-state index >= 15 is 0 Å². The van der Waals surface area contributed by atoms with Crippen LogP contribution in [0, 0.1) is 0 Å².